The van der Waals surface area contributed by atoms with E-state index in [1.54, 1.807) is 0 Å². The van der Waals surface area contributed by atoms with Crippen molar-refractivity contribution >= 4 is 0 Å². The summed E-state index contributed by atoms with van der Waals surface area (Å²) in [5, 5.41) is 0. The average Bonchev–Trinajstić information content (AvgIpc) is 2.56. The van der Waals surface area contributed by atoms with E-state index in [0.717, 1.165) is 17.9 Å². The number of ether oxygens (including phenoxy) is 1. The largest absolute Gasteiger partial charge is 0.457 e. The van der Waals surface area contributed by atoms with E-state index in [-0.39, 0.29) is 0 Å². The Morgan fingerprint density at radius 2 is 1.38 bits per heavy atom. The van der Waals surface area contributed by atoms with E-state index in [2.05, 4.69) is 55.5 Å². The van der Waals surface area contributed by atoms with Crippen molar-refractivity contribution in [3.63, 3.8) is 0 Å². The van der Waals surface area contributed by atoms with Gasteiger partial charge in [-0.2, -0.15) is 0 Å². The van der Waals surface area contributed by atoms with Crippen molar-refractivity contribution in [1.29, 1.82) is 0 Å². The molecule has 0 radical (unpaired) electrons. The molecule has 0 amide bonds. The Labute approximate surface area is 125 Å². The molecule has 0 aromatic heterocycles. The van der Waals surface area contributed by atoms with Crippen LogP contribution in [0.5, 0.6) is 11.5 Å². The third kappa shape index (κ3) is 3.32. The molecule has 0 aliphatic rings. The van der Waals surface area contributed by atoms with E-state index >= 15 is 0 Å². The molecule has 1 nitrogen and oxygen atoms in total. The molecular formula is C20H18O. The first kappa shape index (κ1) is 13.4. The van der Waals surface area contributed by atoms with Crippen LogP contribution in [0.3, 0.4) is 0 Å². The molecular weight excluding hydrogens is 256 g/mol. The monoisotopic (exact) mass is 274 g/mol. The Hall–Kier alpha value is -2.54. The van der Waals surface area contributed by atoms with Gasteiger partial charge in [-0.05, 0) is 47.4 Å². The topological polar surface area (TPSA) is 9.23 Å². The highest BCUT2D eigenvalue weighted by molar-refractivity contribution is 5.64. The number of rotatable bonds is 4. The molecule has 0 saturated carbocycles. The summed E-state index contributed by atoms with van der Waals surface area (Å²) in [6.07, 6.45) is 1.02. The predicted octanol–water partition coefficient (Wildman–Crippen LogP) is 5.71. The van der Waals surface area contributed by atoms with E-state index in [0.29, 0.717) is 0 Å². The minimum absolute atomic E-state index is 0.864. The number of benzene rings is 3. The zero-order valence-electron chi connectivity index (χ0n) is 12.1. The summed E-state index contributed by atoms with van der Waals surface area (Å²) in [4.78, 5) is 0. The second kappa shape index (κ2) is 6.27. The first-order chi connectivity index (χ1) is 10.3. The molecule has 104 valence electrons. The van der Waals surface area contributed by atoms with Gasteiger partial charge in [-0.25, -0.2) is 0 Å². The van der Waals surface area contributed by atoms with Crippen molar-refractivity contribution in [2.24, 2.45) is 0 Å². The molecule has 3 aromatic carbocycles. The molecule has 3 rings (SSSR count). The van der Waals surface area contributed by atoms with Gasteiger partial charge in [0.25, 0.3) is 0 Å². The van der Waals surface area contributed by atoms with Crippen LogP contribution < -0.4 is 4.74 Å². The van der Waals surface area contributed by atoms with E-state index in [1.165, 1.54) is 16.7 Å². The smallest absolute Gasteiger partial charge is 0.127 e. The van der Waals surface area contributed by atoms with Gasteiger partial charge in [-0.15, -0.1) is 0 Å². The van der Waals surface area contributed by atoms with Gasteiger partial charge in [0.15, 0.2) is 0 Å². The van der Waals surface area contributed by atoms with E-state index in [9.17, 15) is 0 Å². The average molecular weight is 274 g/mol. The van der Waals surface area contributed by atoms with Crippen molar-refractivity contribution in [1.82, 2.24) is 0 Å². The van der Waals surface area contributed by atoms with Gasteiger partial charge in [0.1, 0.15) is 11.5 Å². The summed E-state index contributed by atoms with van der Waals surface area (Å²) in [6, 6.07) is 26.8. The molecule has 0 bridgehead atoms. The maximum absolute atomic E-state index is 5.91. The fourth-order valence-corrected chi connectivity index (χ4v) is 2.31. The standard InChI is InChI=1S/C20H18O/c1-2-16-7-6-10-20(15-16)21-19-13-11-18(12-14-19)17-8-4-3-5-9-17/h3-15H,2H2,1H3. The van der Waals surface area contributed by atoms with Crippen LogP contribution in [0.15, 0.2) is 78.9 Å². The SMILES string of the molecule is CCc1cccc(Oc2ccc(-c3ccccc3)cc2)c1. The normalized spacial score (nSPS) is 10.3. The van der Waals surface area contributed by atoms with Gasteiger partial charge < -0.3 is 4.74 Å². The molecule has 1 heteroatoms. The van der Waals surface area contributed by atoms with Gasteiger partial charge in [-0.1, -0.05) is 61.5 Å². The lowest BCUT2D eigenvalue weighted by Gasteiger charge is -2.08. The van der Waals surface area contributed by atoms with Gasteiger partial charge in [0.05, 0.1) is 0 Å². The van der Waals surface area contributed by atoms with Gasteiger partial charge >= 0.3 is 0 Å². The van der Waals surface area contributed by atoms with Crippen molar-refractivity contribution in [2.75, 3.05) is 0 Å². The fraction of sp³-hybridized carbons (Fsp3) is 0.100. The number of hydrogen-bond acceptors (Lipinski definition) is 1. The quantitative estimate of drug-likeness (QED) is 0.592. The zero-order valence-corrected chi connectivity index (χ0v) is 12.1. The Bertz CT molecular complexity index is 699. The van der Waals surface area contributed by atoms with Gasteiger partial charge in [-0.3, -0.25) is 0 Å². The zero-order chi connectivity index (χ0) is 14.5. The highest BCUT2D eigenvalue weighted by Gasteiger charge is 2.00. The van der Waals surface area contributed by atoms with Crippen molar-refractivity contribution in [3.8, 4) is 22.6 Å². The highest BCUT2D eigenvalue weighted by atomic mass is 16.5. The van der Waals surface area contributed by atoms with E-state index in [1.807, 2.05) is 30.3 Å². The summed E-state index contributed by atoms with van der Waals surface area (Å²) in [5.41, 5.74) is 3.70. The van der Waals surface area contributed by atoms with Crippen molar-refractivity contribution < 1.29 is 4.74 Å². The summed E-state index contributed by atoms with van der Waals surface area (Å²) >= 11 is 0. The maximum Gasteiger partial charge on any atom is 0.127 e. The second-order valence-corrected chi connectivity index (χ2v) is 4.99. The maximum atomic E-state index is 5.91. The lowest BCUT2D eigenvalue weighted by Crippen LogP contribution is -1.86. The van der Waals surface area contributed by atoms with Crippen LogP contribution in [-0.2, 0) is 6.42 Å². The summed E-state index contributed by atoms with van der Waals surface area (Å²) in [6.45, 7) is 2.15. The molecule has 0 heterocycles. The first-order valence-electron chi connectivity index (χ1n) is 7.27. The van der Waals surface area contributed by atoms with E-state index < -0.39 is 0 Å². The van der Waals surface area contributed by atoms with Crippen LogP contribution in [0.2, 0.25) is 0 Å². The minimum atomic E-state index is 0.864. The lowest BCUT2D eigenvalue weighted by atomic mass is 10.1. The molecule has 0 atom stereocenters. The molecule has 0 N–H and O–H groups in total. The van der Waals surface area contributed by atoms with Crippen LogP contribution in [0.25, 0.3) is 11.1 Å². The van der Waals surface area contributed by atoms with Crippen LogP contribution >= 0.6 is 0 Å². The number of aryl methyl sites for hydroxylation is 1. The van der Waals surface area contributed by atoms with Crippen LogP contribution in [0.1, 0.15) is 12.5 Å². The van der Waals surface area contributed by atoms with Gasteiger partial charge in [0.2, 0.25) is 0 Å². The molecule has 0 unspecified atom stereocenters. The minimum Gasteiger partial charge on any atom is -0.457 e. The highest BCUT2D eigenvalue weighted by Crippen LogP contribution is 2.26. The second-order valence-electron chi connectivity index (χ2n) is 4.99. The van der Waals surface area contributed by atoms with Crippen molar-refractivity contribution in [3.05, 3.63) is 84.4 Å². The summed E-state index contributed by atoms with van der Waals surface area (Å²) in [5.74, 6) is 1.75. The Morgan fingerprint density at radius 1 is 0.667 bits per heavy atom. The third-order valence-corrected chi connectivity index (χ3v) is 3.50. The van der Waals surface area contributed by atoms with Gasteiger partial charge in [0, 0.05) is 0 Å². The third-order valence-electron chi connectivity index (χ3n) is 3.50. The van der Waals surface area contributed by atoms with Crippen LogP contribution in [-0.4, -0.2) is 0 Å². The summed E-state index contributed by atoms with van der Waals surface area (Å²) in [7, 11) is 0. The predicted molar refractivity (Wildman–Crippen MR) is 87.8 cm³/mol. The van der Waals surface area contributed by atoms with Crippen LogP contribution in [0, 0.1) is 0 Å². The molecule has 0 aliphatic heterocycles. The number of hydrogen-bond donors (Lipinski definition) is 0. The Balaban J connectivity index is 1.78. The van der Waals surface area contributed by atoms with Crippen LogP contribution in [0.4, 0.5) is 0 Å². The fourth-order valence-electron chi connectivity index (χ4n) is 2.31. The Kier molecular flexibility index (Phi) is 4.02. The van der Waals surface area contributed by atoms with E-state index in [4.69, 9.17) is 4.74 Å². The van der Waals surface area contributed by atoms with Crippen molar-refractivity contribution in [2.45, 2.75) is 13.3 Å². The lowest BCUT2D eigenvalue weighted by molar-refractivity contribution is 0.482. The molecule has 21 heavy (non-hydrogen) atoms. The summed E-state index contributed by atoms with van der Waals surface area (Å²) < 4.78 is 5.91. The Morgan fingerprint density at radius 3 is 2.10 bits per heavy atom. The molecule has 0 aliphatic carbocycles. The molecule has 3 aromatic rings. The molecule has 0 fully saturated rings. The first-order valence-corrected chi connectivity index (χ1v) is 7.27. The molecule has 0 saturated heterocycles. The molecule has 0 spiro atoms.